The number of carbonyl (C=O) groups is 1. The maximum Gasteiger partial charge on any atom is 0.255 e. The number of benzene rings is 3. The van der Waals surface area contributed by atoms with Crippen molar-refractivity contribution in [1.82, 2.24) is 15.0 Å². The second kappa shape index (κ2) is 8.34. The second-order valence-corrected chi connectivity index (χ2v) is 7.47. The van der Waals surface area contributed by atoms with Gasteiger partial charge in [0.2, 0.25) is 0 Å². The standard InChI is InChI=1S/C22H18Cl2N4O2/c1-3-30-16-7-5-15(6-8-16)28-26-20-10-13(2)19(12-21(20)27-28)25-22(29)14-4-9-17(23)18(24)11-14/h4-12H,3H2,1-2H3,(H,25,29). The molecule has 4 aromatic rings. The molecule has 4 rings (SSSR count). The van der Waals surface area contributed by atoms with E-state index in [1.807, 2.05) is 44.2 Å². The maximum absolute atomic E-state index is 12.6. The summed E-state index contributed by atoms with van der Waals surface area (Å²) in [5, 5.41) is 12.7. The quantitative estimate of drug-likeness (QED) is 0.432. The summed E-state index contributed by atoms with van der Waals surface area (Å²) in [6.45, 7) is 4.45. The zero-order valence-electron chi connectivity index (χ0n) is 16.3. The Kier molecular flexibility index (Phi) is 5.61. The van der Waals surface area contributed by atoms with Crippen LogP contribution < -0.4 is 10.1 Å². The second-order valence-electron chi connectivity index (χ2n) is 6.66. The molecule has 0 bridgehead atoms. The van der Waals surface area contributed by atoms with Crippen LogP contribution in [0.4, 0.5) is 5.69 Å². The molecule has 30 heavy (non-hydrogen) atoms. The van der Waals surface area contributed by atoms with E-state index in [-0.39, 0.29) is 5.91 Å². The molecule has 1 aromatic heterocycles. The molecule has 1 heterocycles. The summed E-state index contributed by atoms with van der Waals surface area (Å²) < 4.78 is 5.47. The average molecular weight is 441 g/mol. The Bertz CT molecular complexity index is 1240. The van der Waals surface area contributed by atoms with Crippen molar-refractivity contribution in [2.24, 2.45) is 0 Å². The molecule has 0 spiro atoms. The van der Waals surface area contributed by atoms with Gasteiger partial charge in [0.1, 0.15) is 16.8 Å². The lowest BCUT2D eigenvalue weighted by molar-refractivity contribution is 0.102. The molecule has 0 fully saturated rings. The lowest BCUT2D eigenvalue weighted by atomic mass is 10.1. The van der Waals surface area contributed by atoms with Gasteiger partial charge in [0.15, 0.2) is 0 Å². The Labute approximate surface area is 183 Å². The van der Waals surface area contributed by atoms with Gasteiger partial charge in [-0.1, -0.05) is 23.2 Å². The van der Waals surface area contributed by atoms with Crippen molar-refractivity contribution in [3.05, 3.63) is 75.8 Å². The number of ether oxygens (including phenoxy) is 1. The highest BCUT2D eigenvalue weighted by molar-refractivity contribution is 6.42. The number of hydrogen-bond acceptors (Lipinski definition) is 4. The van der Waals surface area contributed by atoms with Crippen LogP contribution in [-0.4, -0.2) is 27.5 Å². The van der Waals surface area contributed by atoms with Gasteiger partial charge in [-0.15, -0.1) is 10.2 Å². The molecule has 0 atom stereocenters. The molecule has 0 saturated carbocycles. The van der Waals surface area contributed by atoms with E-state index >= 15 is 0 Å². The van der Waals surface area contributed by atoms with Crippen LogP contribution in [0, 0.1) is 6.92 Å². The number of rotatable bonds is 5. The molecule has 1 N–H and O–H groups in total. The summed E-state index contributed by atoms with van der Waals surface area (Å²) in [5.41, 5.74) is 4.15. The smallest absolute Gasteiger partial charge is 0.255 e. The first kappa shape index (κ1) is 20.2. The first-order chi connectivity index (χ1) is 14.4. The molecule has 0 aliphatic heterocycles. The molecule has 3 aromatic carbocycles. The van der Waals surface area contributed by atoms with E-state index in [2.05, 4.69) is 15.5 Å². The normalized spacial score (nSPS) is 10.9. The van der Waals surface area contributed by atoms with Gasteiger partial charge in [-0.25, -0.2) is 0 Å². The zero-order chi connectivity index (χ0) is 21.3. The van der Waals surface area contributed by atoms with Crippen LogP contribution >= 0.6 is 23.2 Å². The SMILES string of the molecule is CCOc1ccc(-n2nc3cc(C)c(NC(=O)c4ccc(Cl)c(Cl)c4)cc3n2)cc1. The van der Waals surface area contributed by atoms with E-state index < -0.39 is 0 Å². The fourth-order valence-corrected chi connectivity index (χ4v) is 3.29. The third kappa shape index (κ3) is 4.10. The number of aromatic nitrogens is 3. The Balaban J connectivity index is 1.61. The largest absolute Gasteiger partial charge is 0.494 e. The van der Waals surface area contributed by atoms with E-state index in [1.165, 1.54) is 6.07 Å². The summed E-state index contributed by atoms with van der Waals surface area (Å²) in [7, 11) is 0. The Morgan fingerprint density at radius 2 is 1.70 bits per heavy atom. The van der Waals surface area contributed by atoms with Crippen LogP contribution in [0.1, 0.15) is 22.8 Å². The number of aryl methyl sites for hydroxylation is 1. The molecule has 0 aliphatic rings. The summed E-state index contributed by atoms with van der Waals surface area (Å²) in [4.78, 5) is 14.2. The Hall–Kier alpha value is -3.09. The minimum atomic E-state index is -0.282. The highest BCUT2D eigenvalue weighted by Crippen LogP contribution is 2.25. The van der Waals surface area contributed by atoms with Crippen LogP contribution in [0.25, 0.3) is 16.7 Å². The van der Waals surface area contributed by atoms with Gasteiger partial charge in [0.25, 0.3) is 5.91 Å². The predicted octanol–water partition coefficient (Wildman–Crippen LogP) is 5.69. The molecule has 1 amide bonds. The molecule has 0 unspecified atom stereocenters. The zero-order valence-corrected chi connectivity index (χ0v) is 17.8. The van der Waals surface area contributed by atoms with Gasteiger partial charge < -0.3 is 10.1 Å². The van der Waals surface area contributed by atoms with Gasteiger partial charge in [0.05, 0.1) is 22.3 Å². The number of nitrogens with one attached hydrogen (secondary N) is 1. The predicted molar refractivity (Wildman–Crippen MR) is 119 cm³/mol. The Morgan fingerprint density at radius 1 is 1.00 bits per heavy atom. The van der Waals surface area contributed by atoms with E-state index in [4.69, 9.17) is 27.9 Å². The van der Waals surface area contributed by atoms with Crippen molar-refractivity contribution in [3.63, 3.8) is 0 Å². The van der Waals surface area contributed by atoms with E-state index in [9.17, 15) is 4.79 Å². The lowest BCUT2D eigenvalue weighted by Crippen LogP contribution is -2.12. The topological polar surface area (TPSA) is 69.0 Å². The average Bonchev–Trinajstić information content (AvgIpc) is 3.13. The van der Waals surface area contributed by atoms with E-state index in [0.717, 1.165) is 22.5 Å². The molecule has 6 nitrogen and oxygen atoms in total. The van der Waals surface area contributed by atoms with Gasteiger partial charge in [-0.3, -0.25) is 4.79 Å². The van der Waals surface area contributed by atoms with Crippen molar-refractivity contribution in [3.8, 4) is 11.4 Å². The van der Waals surface area contributed by atoms with Crippen molar-refractivity contribution in [1.29, 1.82) is 0 Å². The monoisotopic (exact) mass is 440 g/mol. The molecule has 8 heteroatoms. The van der Waals surface area contributed by atoms with Crippen molar-refractivity contribution < 1.29 is 9.53 Å². The number of nitrogens with zero attached hydrogens (tertiary/aromatic N) is 3. The summed E-state index contributed by atoms with van der Waals surface area (Å²) >= 11 is 11.9. The highest BCUT2D eigenvalue weighted by Gasteiger charge is 2.13. The van der Waals surface area contributed by atoms with Gasteiger partial charge in [0, 0.05) is 11.3 Å². The highest BCUT2D eigenvalue weighted by atomic mass is 35.5. The number of amides is 1. The number of hydrogen-bond donors (Lipinski definition) is 1. The summed E-state index contributed by atoms with van der Waals surface area (Å²) in [5.74, 6) is 0.510. The van der Waals surface area contributed by atoms with Gasteiger partial charge in [-0.05, 0) is 74.0 Å². The first-order valence-corrected chi connectivity index (χ1v) is 10.1. The molecule has 0 saturated heterocycles. The summed E-state index contributed by atoms with van der Waals surface area (Å²) in [6, 6.07) is 16.0. The van der Waals surface area contributed by atoms with Crippen LogP contribution in [0.5, 0.6) is 5.75 Å². The van der Waals surface area contributed by atoms with Crippen LogP contribution in [0.2, 0.25) is 10.0 Å². The third-order valence-electron chi connectivity index (χ3n) is 4.54. The minimum Gasteiger partial charge on any atom is -0.494 e. The lowest BCUT2D eigenvalue weighted by Gasteiger charge is -2.08. The molecule has 152 valence electrons. The van der Waals surface area contributed by atoms with Gasteiger partial charge in [-0.2, -0.15) is 4.80 Å². The maximum atomic E-state index is 12.6. The molecular weight excluding hydrogens is 423 g/mol. The number of carbonyl (C=O) groups excluding carboxylic acids is 1. The van der Waals surface area contributed by atoms with Crippen LogP contribution in [-0.2, 0) is 0 Å². The van der Waals surface area contributed by atoms with Gasteiger partial charge >= 0.3 is 0 Å². The van der Waals surface area contributed by atoms with Crippen LogP contribution in [0.3, 0.4) is 0 Å². The van der Waals surface area contributed by atoms with E-state index in [1.54, 1.807) is 23.0 Å². The first-order valence-electron chi connectivity index (χ1n) is 9.32. The Morgan fingerprint density at radius 3 is 2.37 bits per heavy atom. The van der Waals surface area contributed by atoms with Crippen LogP contribution in [0.15, 0.2) is 54.6 Å². The van der Waals surface area contributed by atoms with Crippen molar-refractivity contribution >= 4 is 45.8 Å². The molecule has 0 radical (unpaired) electrons. The number of halogens is 2. The minimum absolute atomic E-state index is 0.282. The van der Waals surface area contributed by atoms with E-state index in [0.29, 0.717) is 33.4 Å². The molecular formula is C22H18Cl2N4O2. The number of fused-ring (bicyclic) bond motifs is 1. The fraction of sp³-hybridized carbons (Fsp3) is 0.136. The third-order valence-corrected chi connectivity index (χ3v) is 5.27. The number of anilines is 1. The fourth-order valence-electron chi connectivity index (χ4n) is 2.99. The van der Waals surface area contributed by atoms with Crippen molar-refractivity contribution in [2.45, 2.75) is 13.8 Å². The summed E-state index contributed by atoms with van der Waals surface area (Å²) in [6.07, 6.45) is 0. The van der Waals surface area contributed by atoms with Crippen molar-refractivity contribution in [2.75, 3.05) is 11.9 Å². The molecule has 0 aliphatic carbocycles.